The molecule has 1 aromatic carbocycles. The minimum Gasteiger partial charge on any atom is -0.375 e. The van der Waals surface area contributed by atoms with Gasteiger partial charge in [0.1, 0.15) is 6.04 Å². The van der Waals surface area contributed by atoms with Gasteiger partial charge in [0.05, 0.1) is 17.6 Å². The van der Waals surface area contributed by atoms with Gasteiger partial charge in [-0.05, 0) is 19.1 Å². The first kappa shape index (κ1) is 18.2. The summed E-state index contributed by atoms with van der Waals surface area (Å²) < 4.78 is 25.3. The number of rotatable bonds is 7. The first-order chi connectivity index (χ1) is 11.3. The van der Waals surface area contributed by atoms with Crippen LogP contribution in [0.1, 0.15) is 12.6 Å². The first-order valence-corrected chi connectivity index (χ1v) is 10.0. The van der Waals surface area contributed by atoms with Crippen LogP contribution in [0.25, 0.3) is 0 Å². The molecule has 0 radical (unpaired) electrons. The average Bonchev–Trinajstić information content (AvgIpc) is 2.92. The van der Waals surface area contributed by atoms with Crippen molar-refractivity contribution < 1.29 is 13.2 Å². The second-order valence-electron chi connectivity index (χ2n) is 5.29. The fourth-order valence-corrected chi connectivity index (χ4v) is 4.05. The molecule has 0 unspecified atom stereocenters. The number of hydrogen-bond donors (Lipinski definition) is 2. The minimum absolute atomic E-state index is 0.360. The zero-order valence-corrected chi connectivity index (χ0v) is 15.1. The first-order valence-electron chi connectivity index (χ1n) is 7.31. The van der Waals surface area contributed by atoms with Crippen molar-refractivity contribution in [1.29, 1.82) is 0 Å². The quantitative estimate of drug-likeness (QED) is 0.765. The average molecular weight is 368 g/mol. The Morgan fingerprint density at radius 1 is 1.38 bits per heavy atom. The Labute approximate surface area is 145 Å². The summed E-state index contributed by atoms with van der Waals surface area (Å²) in [5, 5.41) is 5.06. The van der Waals surface area contributed by atoms with Crippen molar-refractivity contribution in [3.8, 4) is 0 Å². The van der Waals surface area contributed by atoms with Crippen LogP contribution >= 0.6 is 11.3 Å². The SMILES string of the molecule is C[C@@H](C(=O)NCCc1csc(N)n1)N(c1ccccc1)S(C)(=O)=O. The Kier molecular flexibility index (Phi) is 5.79. The van der Waals surface area contributed by atoms with Crippen LogP contribution in [0, 0.1) is 0 Å². The van der Waals surface area contributed by atoms with E-state index in [4.69, 9.17) is 5.73 Å². The van der Waals surface area contributed by atoms with Gasteiger partial charge in [-0.15, -0.1) is 11.3 Å². The number of para-hydroxylation sites is 1. The molecule has 0 aliphatic heterocycles. The van der Waals surface area contributed by atoms with E-state index in [1.165, 1.54) is 11.3 Å². The second kappa shape index (κ2) is 7.63. The number of sulfonamides is 1. The molecule has 3 N–H and O–H groups in total. The van der Waals surface area contributed by atoms with Gasteiger partial charge in [-0.1, -0.05) is 18.2 Å². The summed E-state index contributed by atoms with van der Waals surface area (Å²) in [6.45, 7) is 1.92. The fraction of sp³-hybridized carbons (Fsp3) is 0.333. The summed E-state index contributed by atoms with van der Waals surface area (Å²) in [7, 11) is -3.59. The van der Waals surface area contributed by atoms with Crippen molar-refractivity contribution in [1.82, 2.24) is 10.3 Å². The molecule has 1 amide bonds. The minimum atomic E-state index is -3.59. The van der Waals surface area contributed by atoms with Crippen LogP contribution in [-0.4, -0.2) is 38.2 Å². The van der Waals surface area contributed by atoms with Crippen molar-refractivity contribution in [2.45, 2.75) is 19.4 Å². The van der Waals surface area contributed by atoms with E-state index in [0.717, 1.165) is 16.3 Å². The van der Waals surface area contributed by atoms with E-state index >= 15 is 0 Å². The van der Waals surface area contributed by atoms with Crippen molar-refractivity contribution >= 4 is 38.1 Å². The standard InChI is InChI=1S/C15H20N4O3S2/c1-11(14(20)17-9-8-12-10-23-15(16)18-12)19(24(2,21)22)13-6-4-3-5-7-13/h3-7,10-11H,8-9H2,1-2H3,(H2,16,18)(H,17,20)/t11-/m0/s1. The van der Waals surface area contributed by atoms with Crippen LogP contribution in [-0.2, 0) is 21.2 Å². The van der Waals surface area contributed by atoms with Crippen molar-refractivity contribution in [2.24, 2.45) is 0 Å². The van der Waals surface area contributed by atoms with Crippen LogP contribution in [0.2, 0.25) is 0 Å². The van der Waals surface area contributed by atoms with Gasteiger partial charge in [0, 0.05) is 18.3 Å². The third-order valence-corrected chi connectivity index (χ3v) is 5.31. The van der Waals surface area contributed by atoms with E-state index < -0.39 is 16.1 Å². The molecule has 2 rings (SSSR count). The van der Waals surface area contributed by atoms with E-state index in [1.54, 1.807) is 37.3 Å². The molecule has 2 aromatic rings. The number of nitrogens with zero attached hydrogens (tertiary/aromatic N) is 2. The zero-order valence-electron chi connectivity index (χ0n) is 13.5. The largest absolute Gasteiger partial charge is 0.375 e. The maximum atomic E-state index is 12.3. The molecule has 9 heteroatoms. The molecule has 0 saturated carbocycles. The normalized spacial score (nSPS) is 12.6. The van der Waals surface area contributed by atoms with Gasteiger partial charge in [-0.2, -0.15) is 0 Å². The highest BCUT2D eigenvalue weighted by Crippen LogP contribution is 2.20. The maximum absolute atomic E-state index is 12.3. The Morgan fingerprint density at radius 2 is 2.04 bits per heavy atom. The number of anilines is 2. The zero-order chi connectivity index (χ0) is 17.7. The van der Waals surface area contributed by atoms with E-state index in [2.05, 4.69) is 10.3 Å². The number of aromatic nitrogens is 1. The molecule has 0 spiro atoms. The van der Waals surface area contributed by atoms with Crippen LogP contribution in [0.5, 0.6) is 0 Å². The molecule has 0 saturated heterocycles. The highest BCUT2D eigenvalue weighted by atomic mass is 32.2. The summed E-state index contributed by atoms with van der Waals surface area (Å²) >= 11 is 1.34. The number of nitrogens with one attached hydrogen (secondary N) is 1. The summed E-state index contributed by atoms with van der Waals surface area (Å²) in [5.41, 5.74) is 6.81. The van der Waals surface area contributed by atoms with Crippen LogP contribution in [0.3, 0.4) is 0 Å². The number of benzene rings is 1. The van der Waals surface area contributed by atoms with E-state index in [9.17, 15) is 13.2 Å². The molecule has 1 atom stereocenters. The van der Waals surface area contributed by atoms with Gasteiger partial charge in [0.15, 0.2) is 5.13 Å². The summed E-state index contributed by atoms with van der Waals surface area (Å²) in [5.74, 6) is -0.368. The molecule has 24 heavy (non-hydrogen) atoms. The lowest BCUT2D eigenvalue weighted by Crippen LogP contribution is -2.48. The van der Waals surface area contributed by atoms with Gasteiger partial charge < -0.3 is 11.1 Å². The summed E-state index contributed by atoms with van der Waals surface area (Å²) in [4.78, 5) is 16.5. The van der Waals surface area contributed by atoms with Crippen LogP contribution in [0.4, 0.5) is 10.8 Å². The third kappa shape index (κ3) is 4.68. The number of hydrogen-bond acceptors (Lipinski definition) is 6. The second-order valence-corrected chi connectivity index (χ2v) is 8.04. The molecule has 130 valence electrons. The van der Waals surface area contributed by atoms with Gasteiger partial charge in [-0.3, -0.25) is 9.10 Å². The highest BCUT2D eigenvalue weighted by molar-refractivity contribution is 7.92. The molecular formula is C15H20N4O3S2. The van der Waals surface area contributed by atoms with Crippen molar-refractivity contribution in [3.05, 3.63) is 41.4 Å². The molecule has 1 heterocycles. The topological polar surface area (TPSA) is 105 Å². The predicted octanol–water partition coefficient (Wildman–Crippen LogP) is 1.24. The number of carbonyl (C=O) groups is 1. The molecule has 1 aromatic heterocycles. The molecule has 0 fully saturated rings. The molecular weight excluding hydrogens is 348 g/mol. The van der Waals surface area contributed by atoms with Gasteiger partial charge in [0.25, 0.3) is 0 Å². The molecule has 7 nitrogen and oxygen atoms in total. The predicted molar refractivity (Wildman–Crippen MR) is 96.5 cm³/mol. The van der Waals surface area contributed by atoms with Gasteiger partial charge in [0.2, 0.25) is 15.9 Å². The van der Waals surface area contributed by atoms with Crippen LogP contribution < -0.4 is 15.4 Å². The van der Waals surface area contributed by atoms with Crippen molar-refractivity contribution in [2.75, 3.05) is 22.8 Å². The Morgan fingerprint density at radius 3 is 2.58 bits per heavy atom. The lowest BCUT2D eigenvalue weighted by atomic mass is 10.2. The maximum Gasteiger partial charge on any atom is 0.243 e. The van der Waals surface area contributed by atoms with E-state index in [1.807, 2.05) is 5.38 Å². The van der Waals surface area contributed by atoms with Gasteiger partial charge in [-0.25, -0.2) is 13.4 Å². The summed E-state index contributed by atoms with van der Waals surface area (Å²) in [6.07, 6.45) is 1.62. The number of nitrogen functional groups attached to an aromatic ring is 1. The van der Waals surface area contributed by atoms with E-state index in [0.29, 0.717) is 23.8 Å². The van der Waals surface area contributed by atoms with Crippen LogP contribution in [0.15, 0.2) is 35.7 Å². The highest BCUT2D eigenvalue weighted by Gasteiger charge is 2.28. The molecule has 0 aliphatic rings. The Hall–Kier alpha value is -2.13. The lowest BCUT2D eigenvalue weighted by Gasteiger charge is -2.28. The Balaban J connectivity index is 2.03. The smallest absolute Gasteiger partial charge is 0.243 e. The number of nitrogens with two attached hydrogens (primary N) is 1. The van der Waals surface area contributed by atoms with Gasteiger partial charge >= 0.3 is 0 Å². The van der Waals surface area contributed by atoms with E-state index in [-0.39, 0.29) is 5.91 Å². The summed E-state index contributed by atoms with van der Waals surface area (Å²) in [6, 6.07) is 7.69. The third-order valence-electron chi connectivity index (χ3n) is 3.35. The fourth-order valence-electron chi connectivity index (χ4n) is 2.28. The number of carbonyl (C=O) groups excluding carboxylic acids is 1. The molecule has 0 bridgehead atoms. The number of thiazole rings is 1. The number of amides is 1. The monoisotopic (exact) mass is 368 g/mol. The Bertz CT molecular complexity index is 790. The van der Waals surface area contributed by atoms with Crippen molar-refractivity contribution in [3.63, 3.8) is 0 Å². The molecule has 0 aliphatic carbocycles. The lowest BCUT2D eigenvalue weighted by molar-refractivity contribution is -0.121.